The van der Waals surface area contributed by atoms with Crippen molar-refractivity contribution in [2.24, 2.45) is 5.92 Å². The fourth-order valence-corrected chi connectivity index (χ4v) is 3.22. The van der Waals surface area contributed by atoms with Crippen LogP contribution in [-0.2, 0) is 11.8 Å². The topological polar surface area (TPSA) is 12.0 Å². The minimum absolute atomic E-state index is 0.269. The first-order valence-electron chi connectivity index (χ1n) is 7.86. The van der Waals surface area contributed by atoms with Gasteiger partial charge < -0.3 is 5.32 Å². The Morgan fingerprint density at radius 3 is 2.47 bits per heavy atom. The summed E-state index contributed by atoms with van der Waals surface area (Å²) in [6.45, 7) is 9.41. The predicted octanol–water partition coefficient (Wildman–Crippen LogP) is 4.31. The molecule has 1 fully saturated rings. The normalized spacial score (nSPS) is 17.6. The van der Waals surface area contributed by atoms with E-state index in [9.17, 15) is 0 Å². The number of rotatable bonds is 4. The summed E-state index contributed by atoms with van der Waals surface area (Å²) in [6.07, 6.45) is 6.75. The summed E-state index contributed by atoms with van der Waals surface area (Å²) in [5.41, 5.74) is 3.36. The van der Waals surface area contributed by atoms with E-state index in [0.717, 1.165) is 5.92 Å². The molecule has 0 saturated carbocycles. The minimum atomic E-state index is 0.269. The molecule has 0 spiro atoms. The monoisotopic (exact) mass is 259 g/mol. The maximum Gasteiger partial charge on any atom is -0.00463 e. The second kappa shape index (κ2) is 6.56. The Kier molecular flexibility index (Phi) is 5.04. The van der Waals surface area contributed by atoms with Gasteiger partial charge in [-0.05, 0) is 61.2 Å². The average Bonchev–Trinajstić information content (AvgIpc) is 2.39. The molecule has 0 amide bonds. The van der Waals surface area contributed by atoms with Crippen molar-refractivity contribution in [2.75, 3.05) is 13.1 Å². The van der Waals surface area contributed by atoms with Gasteiger partial charge in [-0.3, -0.25) is 0 Å². The van der Waals surface area contributed by atoms with Crippen LogP contribution in [0.25, 0.3) is 0 Å². The molecule has 1 saturated heterocycles. The first kappa shape index (κ1) is 14.6. The molecule has 0 radical (unpaired) electrons. The van der Waals surface area contributed by atoms with Crippen molar-refractivity contribution < 1.29 is 0 Å². The van der Waals surface area contributed by atoms with Gasteiger partial charge in [-0.25, -0.2) is 0 Å². The van der Waals surface area contributed by atoms with Crippen LogP contribution < -0.4 is 5.32 Å². The molecule has 19 heavy (non-hydrogen) atoms. The molecule has 1 aliphatic rings. The van der Waals surface area contributed by atoms with Crippen LogP contribution in [0.5, 0.6) is 0 Å². The molecule has 0 aliphatic carbocycles. The quantitative estimate of drug-likeness (QED) is 0.850. The zero-order valence-corrected chi connectivity index (χ0v) is 12.8. The van der Waals surface area contributed by atoms with E-state index in [-0.39, 0.29) is 5.41 Å². The number of aryl methyl sites for hydroxylation is 1. The molecular formula is C18H29N. The third-order valence-electron chi connectivity index (χ3n) is 4.34. The van der Waals surface area contributed by atoms with E-state index in [2.05, 4.69) is 50.4 Å². The molecule has 1 N–H and O–H groups in total. The number of nitrogens with one attached hydrogen (secondary N) is 1. The Bertz CT molecular complexity index is 383. The number of benzene rings is 1. The Balaban J connectivity index is 1.88. The zero-order chi connectivity index (χ0) is 13.7. The van der Waals surface area contributed by atoms with Crippen LogP contribution in [0.1, 0.15) is 57.6 Å². The van der Waals surface area contributed by atoms with Crippen LogP contribution in [0.15, 0.2) is 24.3 Å². The summed E-state index contributed by atoms with van der Waals surface area (Å²) >= 11 is 0. The summed E-state index contributed by atoms with van der Waals surface area (Å²) in [4.78, 5) is 0. The van der Waals surface area contributed by atoms with Crippen molar-refractivity contribution in [2.45, 2.75) is 58.3 Å². The molecule has 0 atom stereocenters. The van der Waals surface area contributed by atoms with Gasteiger partial charge in [0, 0.05) is 0 Å². The second-order valence-corrected chi connectivity index (χ2v) is 6.99. The number of piperidine rings is 1. The Morgan fingerprint density at radius 2 is 1.79 bits per heavy atom. The van der Waals surface area contributed by atoms with Crippen molar-refractivity contribution in [3.05, 3.63) is 35.4 Å². The average molecular weight is 259 g/mol. The van der Waals surface area contributed by atoms with Crippen LogP contribution >= 0.6 is 0 Å². The van der Waals surface area contributed by atoms with E-state index in [4.69, 9.17) is 0 Å². The summed E-state index contributed by atoms with van der Waals surface area (Å²) in [7, 11) is 0. The van der Waals surface area contributed by atoms with Crippen molar-refractivity contribution in [3.63, 3.8) is 0 Å². The van der Waals surface area contributed by atoms with Crippen LogP contribution in [0.3, 0.4) is 0 Å². The molecule has 0 unspecified atom stereocenters. The predicted molar refractivity (Wildman–Crippen MR) is 83.7 cm³/mol. The molecule has 1 aliphatic heterocycles. The van der Waals surface area contributed by atoms with Crippen LogP contribution in [0.2, 0.25) is 0 Å². The van der Waals surface area contributed by atoms with E-state index in [1.54, 1.807) is 5.56 Å². The van der Waals surface area contributed by atoms with Gasteiger partial charge in [0.25, 0.3) is 0 Å². The van der Waals surface area contributed by atoms with E-state index in [0.29, 0.717) is 0 Å². The fraction of sp³-hybridized carbons (Fsp3) is 0.667. The Hall–Kier alpha value is -0.820. The third-order valence-corrected chi connectivity index (χ3v) is 4.34. The third kappa shape index (κ3) is 4.35. The van der Waals surface area contributed by atoms with Crippen LogP contribution in [-0.4, -0.2) is 13.1 Å². The molecular weight excluding hydrogens is 230 g/mol. The highest BCUT2D eigenvalue weighted by Crippen LogP contribution is 2.27. The van der Waals surface area contributed by atoms with Gasteiger partial charge in [0.1, 0.15) is 0 Å². The van der Waals surface area contributed by atoms with Crippen molar-refractivity contribution in [1.29, 1.82) is 0 Å². The second-order valence-electron chi connectivity index (χ2n) is 6.99. The van der Waals surface area contributed by atoms with E-state index < -0.39 is 0 Å². The van der Waals surface area contributed by atoms with Gasteiger partial charge in [0.05, 0.1) is 0 Å². The summed E-state index contributed by atoms with van der Waals surface area (Å²) in [5, 5.41) is 3.45. The van der Waals surface area contributed by atoms with E-state index in [1.807, 2.05) is 0 Å². The van der Waals surface area contributed by atoms with Crippen molar-refractivity contribution in [1.82, 2.24) is 5.32 Å². The maximum atomic E-state index is 3.45. The Labute approximate surface area is 118 Å². The van der Waals surface area contributed by atoms with Gasteiger partial charge in [-0.2, -0.15) is 0 Å². The van der Waals surface area contributed by atoms with Gasteiger partial charge in [-0.15, -0.1) is 0 Å². The molecule has 1 nitrogen and oxygen atoms in total. The zero-order valence-electron chi connectivity index (χ0n) is 12.8. The Morgan fingerprint density at radius 1 is 1.11 bits per heavy atom. The standard InChI is InChI=1S/C18H29N/c1-18(2,3)17-10-5-4-8-16(17)9-6-7-15-11-13-19-14-12-15/h4-5,8,10,15,19H,6-7,9,11-14H2,1-3H3. The molecule has 1 heterocycles. The van der Waals surface area contributed by atoms with Gasteiger partial charge in [-0.1, -0.05) is 51.5 Å². The molecule has 0 aromatic heterocycles. The van der Waals surface area contributed by atoms with E-state index in [1.165, 1.54) is 50.8 Å². The highest BCUT2D eigenvalue weighted by molar-refractivity contribution is 5.32. The van der Waals surface area contributed by atoms with Crippen molar-refractivity contribution in [3.8, 4) is 0 Å². The molecule has 2 rings (SSSR count). The summed E-state index contributed by atoms with van der Waals surface area (Å²) in [6, 6.07) is 8.99. The molecule has 0 bridgehead atoms. The highest BCUT2D eigenvalue weighted by Gasteiger charge is 2.17. The lowest BCUT2D eigenvalue weighted by atomic mass is 9.82. The van der Waals surface area contributed by atoms with Crippen molar-refractivity contribution >= 4 is 0 Å². The number of hydrogen-bond donors (Lipinski definition) is 1. The van der Waals surface area contributed by atoms with Gasteiger partial charge >= 0.3 is 0 Å². The van der Waals surface area contributed by atoms with Crippen LogP contribution in [0, 0.1) is 5.92 Å². The number of hydrogen-bond acceptors (Lipinski definition) is 1. The summed E-state index contributed by atoms with van der Waals surface area (Å²) < 4.78 is 0. The van der Waals surface area contributed by atoms with Crippen LogP contribution in [0.4, 0.5) is 0 Å². The van der Waals surface area contributed by atoms with Gasteiger partial charge in [0.15, 0.2) is 0 Å². The lowest BCUT2D eigenvalue weighted by Gasteiger charge is -2.24. The minimum Gasteiger partial charge on any atom is -0.317 e. The first-order valence-corrected chi connectivity index (χ1v) is 7.86. The smallest absolute Gasteiger partial charge is 0.00463 e. The summed E-state index contributed by atoms with van der Waals surface area (Å²) in [5.74, 6) is 0.961. The van der Waals surface area contributed by atoms with Gasteiger partial charge in [0.2, 0.25) is 0 Å². The fourth-order valence-electron chi connectivity index (χ4n) is 3.22. The maximum absolute atomic E-state index is 3.45. The lowest BCUT2D eigenvalue weighted by Crippen LogP contribution is -2.27. The first-order chi connectivity index (χ1) is 9.07. The SMILES string of the molecule is CC(C)(C)c1ccccc1CCCC1CCNCC1. The highest BCUT2D eigenvalue weighted by atomic mass is 14.9. The lowest BCUT2D eigenvalue weighted by molar-refractivity contribution is 0.347. The largest absolute Gasteiger partial charge is 0.317 e. The molecule has 1 aromatic rings. The molecule has 1 heteroatoms. The molecule has 1 aromatic carbocycles. The van der Waals surface area contributed by atoms with E-state index >= 15 is 0 Å². The molecule has 106 valence electrons.